The van der Waals surface area contributed by atoms with Gasteiger partial charge in [-0.1, -0.05) is 35.7 Å². The van der Waals surface area contributed by atoms with Gasteiger partial charge in [0.05, 0.1) is 12.3 Å². The Hall–Kier alpha value is -0.700. The van der Waals surface area contributed by atoms with Gasteiger partial charge < -0.3 is 10.5 Å². The summed E-state index contributed by atoms with van der Waals surface area (Å²) in [5, 5.41) is 0. The van der Waals surface area contributed by atoms with E-state index in [0.29, 0.717) is 5.69 Å². The Labute approximate surface area is 93.6 Å². The third-order valence-corrected chi connectivity index (χ3v) is 2.47. The zero-order chi connectivity index (χ0) is 10.4. The summed E-state index contributed by atoms with van der Waals surface area (Å²) in [6.07, 6.45) is 3.49. The first-order valence-corrected chi connectivity index (χ1v) is 5.71. The first kappa shape index (κ1) is 11.4. The second-order valence-corrected chi connectivity index (χ2v) is 4.15. The van der Waals surface area contributed by atoms with Crippen molar-refractivity contribution >= 4 is 21.6 Å². The lowest BCUT2D eigenvalue weighted by Crippen LogP contribution is -2.00. The van der Waals surface area contributed by atoms with Crippen LogP contribution in [-0.2, 0) is 0 Å². The topological polar surface area (TPSA) is 35.2 Å². The lowest BCUT2D eigenvalue weighted by Gasteiger charge is -2.08. The van der Waals surface area contributed by atoms with Crippen LogP contribution in [0.2, 0.25) is 0 Å². The summed E-state index contributed by atoms with van der Waals surface area (Å²) < 4.78 is 6.56. The minimum Gasteiger partial charge on any atom is -0.491 e. The van der Waals surface area contributed by atoms with Crippen LogP contribution in [-0.4, -0.2) is 6.61 Å². The van der Waals surface area contributed by atoms with Crippen LogP contribution in [0.5, 0.6) is 5.75 Å². The average Bonchev–Trinajstić information content (AvgIpc) is 2.18. The predicted octanol–water partition coefficient (Wildman–Crippen LogP) is 3.60. The van der Waals surface area contributed by atoms with Crippen molar-refractivity contribution in [3.05, 3.63) is 22.7 Å². The summed E-state index contributed by atoms with van der Waals surface area (Å²) >= 11 is 3.38. The number of halogens is 1. The first-order valence-electron chi connectivity index (χ1n) is 4.92. The molecule has 0 radical (unpaired) electrons. The van der Waals surface area contributed by atoms with Gasteiger partial charge in [0, 0.05) is 4.47 Å². The number of ether oxygens (including phenoxy) is 1. The second-order valence-electron chi connectivity index (χ2n) is 3.24. The molecule has 1 rings (SSSR count). The Bertz CT molecular complexity index is 289. The lowest BCUT2D eigenvalue weighted by atomic mass is 10.2. The molecule has 78 valence electrons. The van der Waals surface area contributed by atoms with Gasteiger partial charge in [0.15, 0.2) is 0 Å². The van der Waals surface area contributed by atoms with Crippen molar-refractivity contribution in [1.82, 2.24) is 0 Å². The molecule has 0 saturated carbocycles. The number of rotatable bonds is 5. The zero-order valence-corrected chi connectivity index (χ0v) is 10.0. The van der Waals surface area contributed by atoms with Gasteiger partial charge in [0.25, 0.3) is 0 Å². The van der Waals surface area contributed by atoms with Crippen molar-refractivity contribution in [2.75, 3.05) is 12.3 Å². The third-order valence-electron chi connectivity index (χ3n) is 1.98. The quantitative estimate of drug-likeness (QED) is 0.647. The van der Waals surface area contributed by atoms with Crippen LogP contribution in [0.1, 0.15) is 26.2 Å². The molecule has 0 heterocycles. The maximum absolute atomic E-state index is 5.76. The molecule has 2 N–H and O–H groups in total. The van der Waals surface area contributed by atoms with Crippen LogP contribution in [0.3, 0.4) is 0 Å². The van der Waals surface area contributed by atoms with Crippen molar-refractivity contribution in [2.24, 2.45) is 0 Å². The van der Waals surface area contributed by atoms with Gasteiger partial charge >= 0.3 is 0 Å². The number of benzene rings is 1. The fourth-order valence-electron chi connectivity index (χ4n) is 1.17. The number of anilines is 1. The molecule has 3 heteroatoms. The molecule has 2 nitrogen and oxygen atoms in total. The molecule has 1 aromatic rings. The molecule has 1 aromatic carbocycles. The van der Waals surface area contributed by atoms with E-state index < -0.39 is 0 Å². The Morgan fingerprint density at radius 2 is 2.14 bits per heavy atom. The van der Waals surface area contributed by atoms with Crippen LogP contribution < -0.4 is 10.5 Å². The number of hydrogen-bond donors (Lipinski definition) is 1. The van der Waals surface area contributed by atoms with E-state index in [1.54, 1.807) is 0 Å². The first-order chi connectivity index (χ1) is 6.74. The van der Waals surface area contributed by atoms with E-state index in [2.05, 4.69) is 22.9 Å². The minimum absolute atomic E-state index is 0.699. The standard InChI is InChI=1S/C11H16BrNO/c1-2-3-4-7-14-11-8-9(12)5-6-10(11)13/h5-6,8H,2-4,7,13H2,1H3. The molecule has 0 aliphatic carbocycles. The third kappa shape index (κ3) is 3.58. The van der Waals surface area contributed by atoms with Gasteiger partial charge in [-0.15, -0.1) is 0 Å². The Morgan fingerprint density at radius 3 is 2.86 bits per heavy atom. The van der Waals surface area contributed by atoms with Crippen LogP contribution in [0.4, 0.5) is 5.69 Å². The highest BCUT2D eigenvalue weighted by molar-refractivity contribution is 9.10. The van der Waals surface area contributed by atoms with Gasteiger partial charge in [0.1, 0.15) is 5.75 Å². The molecule has 0 fully saturated rings. The van der Waals surface area contributed by atoms with Crippen LogP contribution in [0, 0.1) is 0 Å². The summed E-state index contributed by atoms with van der Waals surface area (Å²) in [7, 11) is 0. The Kier molecular flexibility index (Phi) is 4.80. The van der Waals surface area contributed by atoms with Gasteiger partial charge in [-0.2, -0.15) is 0 Å². The maximum atomic E-state index is 5.76. The van der Waals surface area contributed by atoms with E-state index in [1.807, 2.05) is 18.2 Å². The SMILES string of the molecule is CCCCCOc1cc(Br)ccc1N. The highest BCUT2D eigenvalue weighted by Gasteiger charge is 2.00. The average molecular weight is 258 g/mol. The van der Waals surface area contributed by atoms with E-state index in [0.717, 1.165) is 23.2 Å². The van der Waals surface area contributed by atoms with Crippen LogP contribution in [0.25, 0.3) is 0 Å². The number of unbranched alkanes of at least 4 members (excludes halogenated alkanes) is 2. The molecule has 0 spiro atoms. The van der Waals surface area contributed by atoms with Crippen molar-refractivity contribution < 1.29 is 4.74 Å². The molecule has 0 aliphatic heterocycles. The van der Waals surface area contributed by atoms with Crippen molar-refractivity contribution in [3.8, 4) is 5.75 Å². The monoisotopic (exact) mass is 257 g/mol. The molecule has 0 unspecified atom stereocenters. The van der Waals surface area contributed by atoms with E-state index in [4.69, 9.17) is 10.5 Å². The maximum Gasteiger partial charge on any atom is 0.143 e. The summed E-state index contributed by atoms with van der Waals surface area (Å²) in [5.41, 5.74) is 6.46. The normalized spacial score (nSPS) is 10.1. The van der Waals surface area contributed by atoms with Gasteiger partial charge in [-0.25, -0.2) is 0 Å². The molecular weight excluding hydrogens is 242 g/mol. The fourth-order valence-corrected chi connectivity index (χ4v) is 1.51. The van der Waals surface area contributed by atoms with Crippen molar-refractivity contribution in [3.63, 3.8) is 0 Å². The zero-order valence-electron chi connectivity index (χ0n) is 8.42. The highest BCUT2D eigenvalue weighted by atomic mass is 79.9. The van der Waals surface area contributed by atoms with E-state index >= 15 is 0 Å². The van der Waals surface area contributed by atoms with Crippen LogP contribution in [0.15, 0.2) is 22.7 Å². The predicted molar refractivity (Wildman–Crippen MR) is 63.6 cm³/mol. The number of nitrogens with two attached hydrogens (primary N) is 1. The minimum atomic E-state index is 0.699. The van der Waals surface area contributed by atoms with Crippen LogP contribution >= 0.6 is 15.9 Å². The van der Waals surface area contributed by atoms with E-state index in [9.17, 15) is 0 Å². The molecule has 0 atom stereocenters. The molecule has 0 amide bonds. The molecule has 0 saturated heterocycles. The number of hydrogen-bond acceptors (Lipinski definition) is 2. The van der Waals surface area contributed by atoms with Gasteiger partial charge in [-0.05, 0) is 24.6 Å². The Morgan fingerprint density at radius 1 is 1.36 bits per heavy atom. The molecule has 0 aromatic heterocycles. The molecular formula is C11H16BrNO. The molecule has 0 bridgehead atoms. The van der Waals surface area contributed by atoms with Gasteiger partial charge in [0.2, 0.25) is 0 Å². The smallest absolute Gasteiger partial charge is 0.143 e. The summed E-state index contributed by atoms with van der Waals surface area (Å²) in [5.74, 6) is 0.774. The summed E-state index contributed by atoms with van der Waals surface area (Å²) in [6, 6.07) is 5.66. The van der Waals surface area contributed by atoms with E-state index in [1.165, 1.54) is 12.8 Å². The highest BCUT2D eigenvalue weighted by Crippen LogP contribution is 2.25. The lowest BCUT2D eigenvalue weighted by molar-refractivity contribution is 0.307. The molecule has 14 heavy (non-hydrogen) atoms. The number of nitrogen functional groups attached to an aromatic ring is 1. The summed E-state index contributed by atoms with van der Waals surface area (Å²) in [6.45, 7) is 2.92. The largest absolute Gasteiger partial charge is 0.491 e. The Balaban J connectivity index is 2.45. The van der Waals surface area contributed by atoms with Gasteiger partial charge in [-0.3, -0.25) is 0 Å². The van der Waals surface area contributed by atoms with Crippen molar-refractivity contribution in [1.29, 1.82) is 0 Å². The summed E-state index contributed by atoms with van der Waals surface area (Å²) in [4.78, 5) is 0. The van der Waals surface area contributed by atoms with E-state index in [-0.39, 0.29) is 0 Å². The molecule has 0 aliphatic rings. The second kappa shape index (κ2) is 5.91. The fraction of sp³-hybridized carbons (Fsp3) is 0.455. The van der Waals surface area contributed by atoms with Crippen molar-refractivity contribution in [2.45, 2.75) is 26.2 Å².